The van der Waals surface area contributed by atoms with E-state index in [4.69, 9.17) is 5.73 Å². The Morgan fingerprint density at radius 1 is 1.12 bits per heavy atom. The SMILES string of the molecule is CN([C@@H]1CCCC(=NC(C)(C)C(=O)O)C1=CN)S(=O)(=O)c1cc(C(F)(F)F)cc(C(F)(F)F)c1. The molecule has 0 bridgehead atoms. The molecule has 7 nitrogen and oxygen atoms in total. The predicted octanol–water partition coefficient (Wildman–Crippen LogP) is 4.04. The summed E-state index contributed by atoms with van der Waals surface area (Å²) in [4.78, 5) is 14.4. The van der Waals surface area contributed by atoms with E-state index in [1.165, 1.54) is 13.8 Å². The maximum atomic E-state index is 13.2. The van der Waals surface area contributed by atoms with Gasteiger partial charge in [-0.2, -0.15) is 30.6 Å². The van der Waals surface area contributed by atoms with Crippen molar-refractivity contribution in [3.8, 4) is 0 Å². The van der Waals surface area contributed by atoms with E-state index in [-0.39, 0.29) is 42.3 Å². The molecule has 1 atom stereocenters. The van der Waals surface area contributed by atoms with Crippen LogP contribution in [0.1, 0.15) is 44.2 Å². The third kappa shape index (κ3) is 5.71. The number of rotatable bonds is 5. The van der Waals surface area contributed by atoms with Crippen LogP contribution in [0.2, 0.25) is 0 Å². The summed E-state index contributed by atoms with van der Waals surface area (Å²) in [5.74, 6) is -1.26. The van der Waals surface area contributed by atoms with Crippen LogP contribution in [0.5, 0.6) is 0 Å². The second-order valence-electron chi connectivity index (χ2n) is 8.22. The maximum Gasteiger partial charge on any atom is 0.416 e. The lowest BCUT2D eigenvalue weighted by Gasteiger charge is -2.34. The van der Waals surface area contributed by atoms with Crippen molar-refractivity contribution in [2.24, 2.45) is 10.7 Å². The van der Waals surface area contributed by atoms with Crippen LogP contribution in [0, 0.1) is 0 Å². The van der Waals surface area contributed by atoms with Crippen LogP contribution in [-0.2, 0) is 27.2 Å². The number of aliphatic imine (C=N–C) groups is 1. The van der Waals surface area contributed by atoms with Gasteiger partial charge in [-0.25, -0.2) is 13.2 Å². The van der Waals surface area contributed by atoms with Gasteiger partial charge in [0.25, 0.3) is 0 Å². The van der Waals surface area contributed by atoms with Gasteiger partial charge in [0.15, 0.2) is 5.54 Å². The number of sulfonamides is 1. The van der Waals surface area contributed by atoms with Crippen molar-refractivity contribution in [2.45, 2.75) is 61.9 Å². The number of benzene rings is 1. The van der Waals surface area contributed by atoms with Crippen LogP contribution in [0.15, 0.2) is 39.9 Å². The Balaban J connectivity index is 2.59. The van der Waals surface area contributed by atoms with Crippen molar-refractivity contribution < 1.29 is 44.7 Å². The molecule has 1 aromatic rings. The fourth-order valence-electron chi connectivity index (χ4n) is 3.45. The zero-order valence-electron chi connectivity index (χ0n) is 18.3. The number of carboxylic acids is 1. The molecule has 3 N–H and O–H groups in total. The first kappa shape index (κ1) is 27.6. The van der Waals surface area contributed by atoms with Crippen LogP contribution in [-0.4, -0.2) is 48.1 Å². The fraction of sp³-hybridized carbons (Fsp3) is 0.500. The lowest BCUT2D eigenvalue weighted by atomic mass is 9.88. The van der Waals surface area contributed by atoms with Gasteiger partial charge in [-0.05, 0) is 51.3 Å². The highest BCUT2D eigenvalue weighted by Gasteiger charge is 2.41. The molecule has 34 heavy (non-hydrogen) atoms. The van der Waals surface area contributed by atoms with Crippen molar-refractivity contribution in [2.75, 3.05) is 7.05 Å². The predicted molar refractivity (Wildman–Crippen MR) is 110 cm³/mol. The standard InChI is InChI=1S/C20H23F6N3O4S/c1-18(2,17(30)31)28-15-5-4-6-16(14(15)10-27)29(3)34(32,33)13-8-11(19(21,22)23)7-12(9-13)20(24,25)26/h7-10,16H,4-6,27H2,1-3H3,(H,30,31)/t16-/m1/s1. The van der Waals surface area contributed by atoms with Crippen molar-refractivity contribution >= 4 is 21.7 Å². The highest BCUT2D eigenvalue weighted by molar-refractivity contribution is 7.89. The number of hydrogen-bond donors (Lipinski definition) is 2. The van der Waals surface area contributed by atoms with Crippen molar-refractivity contribution in [3.05, 3.63) is 41.1 Å². The molecule has 1 fully saturated rings. The summed E-state index contributed by atoms with van der Waals surface area (Å²) >= 11 is 0. The molecule has 0 unspecified atom stereocenters. The Kier molecular flexibility index (Phi) is 7.48. The number of halogens is 6. The smallest absolute Gasteiger partial charge is 0.416 e. The van der Waals surface area contributed by atoms with Gasteiger partial charge in [-0.1, -0.05) is 0 Å². The summed E-state index contributed by atoms with van der Waals surface area (Å²) < 4.78 is 106. The first-order chi connectivity index (χ1) is 15.3. The second kappa shape index (κ2) is 9.21. The van der Waals surface area contributed by atoms with Gasteiger partial charge in [0.05, 0.1) is 22.1 Å². The topological polar surface area (TPSA) is 113 Å². The molecule has 0 saturated heterocycles. The first-order valence-corrected chi connectivity index (χ1v) is 11.3. The third-order valence-electron chi connectivity index (χ3n) is 5.38. The fourth-order valence-corrected chi connectivity index (χ4v) is 4.89. The zero-order chi connectivity index (χ0) is 26.3. The Hall–Kier alpha value is -2.61. The van der Waals surface area contributed by atoms with Gasteiger partial charge >= 0.3 is 18.3 Å². The van der Waals surface area contributed by atoms with Crippen LogP contribution < -0.4 is 5.73 Å². The molecule has 14 heteroatoms. The van der Waals surface area contributed by atoms with Gasteiger partial charge in [0.2, 0.25) is 10.0 Å². The molecular formula is C20H23F6N3O4S. The highest BCUT2D eigenvalue weighted by atomic mass is 32.2. The number of aliphatic carboxylic acids is 1. The molecule has 1 aliphatic rings. The van der Waals surface area contributed by atoms with Crippen molar-refractivity contribution in [3.63, 3.8) is 0 Å². The van der Waals surface area contributed by atoms with E-state index in [0.29, 0.717) is 10.7 Å². The van der Waals surface area contributed by atoms with Gasteiger partial charge in [-0.15, -0.1) is 0 Å². The molecule has 1 saturated carbocycles. The van der Waals surface area contributed by atoms with Crippen molar-refractivity contribution in [1.29, 1.82) is 0 Å². The molecule has 1 aromatic carbocycles. The van der Waals surface area contributed by atoms with E-state index in [2.05, 4.69) is 4.99 Å². The minimum absolute atomic E-state index is 0.120. The molecule has 2 rings (SSSR count). The van der Waals surface area contributed by atoms with E-state index < -0.39 is 55.9 Å². The molecule has 0 aromatic heterocycles. The summed E-state index contributed by atoms with van der Waals surface area (Å²) in [6.45, 7) is 2.61. The van der Waals surface area contributed by atoms with E-state index in [9.17, 15) is 44.7 Å². The van der Waals surface area contributed by atoms with Crippen LogP contribution in [0.25, 0.3) is 0 Å². The molecule has 1 aliphatic carbocycles. The minimum atomic E-state index is -5.22. The Morgan fingerprint density at radius 2 is 1.62 bits per heavy atom. The molecule has 0 spiro atoms. The number of hydrogen-bond acceptors (Lipinski definition) is 5. The van der Waals surface area contributed by atoms with Gasteiger partial charge < -0.3 is 10.8 Å². The quantitative estimate of drug-likeness (QED) is 0.575. The van der Waals surface area contributed by atoms with Crippen LogP contribution >= 0.6 is 0 Å². The van der Waals surface area contributed by atoms with E-state index in [1.807, 2.05) is 0 Å². The number of likely N-dealkylation sites (N-methyl/N-ethyl adjacent to an activating group) is 1. The normalized spacial score (nSPS) is 20.8. The Morgan fingerprint density at radius 3 is 2.03 bits per heavy atom. The molecule has 0 radical (unpaired) electrons. The van der Waals surface area contributed by atoms with Gasteiger partial charge in [0, 0.05) is 24.5 Å². The average Bonchev–Trinajstić information content (AvgIpc) is 2.71. The number of nitrogens with two attached hydrogens (primary N) is 1. The summed E-state index contributed by atoms with van der Waals surface area (Å²) in [5.41, 5.74) is 0.851. The third-order valence-corrected chi connectivity index (χ3v) is 7.22. The van der Waals surface area contributed by atoms with Gasteiger partial charge in [-0.3, -0.25) is 4.99 Å². The average molecular weight is 515 g/mol. The summed E-state index contributed by atoms with van der Waals surface area (Å²) in [6, 6.07) is -0.976. The van der Waals surface area contributed by atoms with Gasteiger partial charge in [0.1, 0.15) is 0 Å². The van der Waals surface area contributed by atoms with E-state index >= 15 is 0 Å². The number of carboxylic acid groups (broad SMARTS) is 1. The maximum absolute atomic E-state index is 13.2. The van der Waals surface area contributed by atoms with Crippen LogP contribution in [0.3, 0.4) is 0 Å². The highest BCUT2D eigenvalue weighted by Crippen LogP contribution is 2.38. The Labute approximate surface area is 192 Å². The number of alkyl halides is 6. The minimum Gasteiger partial charge on any atom is -0.479 e. The van der Waals surface area contributed by atoms with Crippen molar-refractivity contribution in [1.82, 2.24) is 4.31 Å². The summed E-state index contributed by atoms with van der Waals surface area (Å²) in [7, 11) is -3.86. The van der Waals surface area contributed by atoms with Crippen LogP contribution in [0.4, 0.5) is 26.3 Å². The number of nitrogens with zero attached hydrogens (tertiary/aromatic N) is 2. The first-order valence-electron chi connectivity index (χ1n) is 9.84. The van der Waals surface area contributed by atoms with E-state index in [1.54, 1.807) is 0 Å². The zero-order valence-corrected chi connectivity index (χ0v) is 19.1. The summed E-state index contributed by atoms with van der Waals surface area (Å²) in [6.07, 6.45) is -8.71. The molecular weight excluding hydrogens is 492 g/mol. The summed E-state index contributed by atoms with van der Waals surface area (Å²) in [5, 5.41) is 9.32. The monoisotopic (exact) mass is 515 g/mol. The largest absolute Gasteiger partial charge is 0.479 e. The molecule has 0 heterocycles. The molecule has 0 amide bonds. The van der Waals surface area contributed by atoms with E-state index in [0.717, 1.165) is 13.2 Å². The number of carbonyl (C=O) groups is 1. The Bertz CT molecular complexity index is 1090. The lowest BCUT2D eigenvalue weighted by Crippen LogP contribution is -2.43. The molecule has 190 valence electrons. The molecule has 0 aliphatic heterocycles. The lowest BCUT2D eigenvalue weighted by molar-refractivity contribution is -0.144. The second-order valence-corrected chi connectivity index (χ2v) is 10.2.